The second-order valence-corrected chi connectivity index (χ2v) is 3.62. The SMILES string of the molecule is CC/C(C)=C/C(=NC)C1CCC1. The molecule has 0 saturated heterocycles. The van der Waals surface area contributed by atoms with E-state index in [1.165, 1.54) is 30.5 Å². The van der Waals surface area contributed by atoms with Crippen LogP contribution in [0.3, 0.4) is 0 Å². The van der Waals surface area contributed by atoms with Crippen molar-refractivity contribution in [2.45, 2.75) is 39.5 Å². The summed E-state index contributed by atoms with van der Waals surface area (Å²) >= 11 is 0. The fourth-order valence-electron chi connectivity index (χ4n) is 1.42. The summed E-state index contributed by atoms with van der Waals surface area (Å²) in [6, 6.07) is 0. The highest BCUT2D eigenvalue weighted by atomic mass is 14.7. The molecule has 0 heterocycles. The van der Waals surface area contributed by atoms with Crippen molar-refractivity contribution in [2.24, 2.45) is 10.9 Å². The molecule has 68 valence electrons. The van der Waals surface area contributed by atoms with E-state index >= 15 is 0 Å². The summed E-state index contributed by atoms with van der Waals surface area (Å²) in [7, 11) is 1.91. The predicted octanol–water partition coefficient (Wildman–Crippen LogP) is 3.21. The van der Waals surface area contributed by atoms with E-state index in [1.807, 2.05) is 7.05 Å². The summed E-state index contributed by atoms with van der Waals surface area (Å²) in [5.74, 6) is 0.775. The van der Waals surface area contributed by atoms with Crippen molar-refractivity contribution in [3.63, 3.8) is 0 Å². The Balaban J connectivity index is 2.56. The Hall–Kier alpha value is -0.590. The Morgan fingerprint density at radius 1 is 1.50 bits per heavy atom. The lowest BCUT2D eigenvalue weighted by atomic mass is 9.81. The van der Waals surface area contributed by atoms with Crippen molar-refractivity contribution in [3.05, 3.63) is 11.6 Å². The van der Waals surface area contributed by atoms with E-state index < -0.39 is 0 Å². The van der Waals surface area contributed by atoms with E-state index in [2.05, 4.69) is 24.9 Å². The van der Waals surface area contributed by atoms with Crippen LogP contribution in [-0.2, 0) is 0 Å². The minimum absolute atomic E-state index is 0.775. The van der Waals surface area contributed by atoms with Crippen molar-refractivity contribution in [1.29, 1.82) is 0 Å². The summed E-state index contributed by atoms with van der Waals surface area (Å²) in [5, 5.41) is 0. The maximum absolute atomic E-state index is 4.34. The molecule has 1 saturated carbocycles. The van der Waals surface area contributed by atoms with Gasteiger partial charge in [-0.15, -0.1) is 0 Å². The summed E-state index contributed by atoms with van der Waals surface area (Å²) in [5.41, 5.74) is 2.77. The van der Waals surface area contributed by atoms with Crippen LogP contribution in [0.25, 0.3) is 0 Å². The number of hydrogen-bond donors (Lipinski definition) is 0. The zero-order chi connectivity index (χ0) is 8.97. The monoisotopic (exact) mass is 165 g/mol. The predicted molar refractivity (Wildman–Crippen MR) is 54.7 cm³/mol. The molecule has 0 radical (unpaired) electrons. The molecule has 1 fully saturated rings. The second kappa shape index (κ2) is 4.44. The molecule has 0 aromatic carbocycles. The Morgan fingerprint density at radius 3 is 2.50 bits per heavy atom. The van der Waals surface area contributed by atoms with Gasteiger partial charge < -0.3 is 0 Å². The minimum atomic E-state index is 0.775. The first-order valence-corrected chi connectivity index (χ1v) is 4.91. The fraction of sp³-hybridized carbons (Fsp3) is 0.727. The molecule has 0 N–H and O–H groups in total. The van der Waals surface area contributed by atoms with E-state index in [-0.39, 0.29) is 0 Å². The van der Waals surface area contributed by atoms with Gasteiger partial charge in [0.25, 0.3) is 0 Å². The molecule has 0 spiro atoms. The first kappa shape index (κ1) is 9.50. The standard InChI is InChI=1S/C11H19N/c1-4-9(2)8-11(12-3)10-6-5-7-10/h8,10H,4-7H2,1-3H3/b9-8+,12-11?. The lowest BCUT2D eigenvalue weighted by molar-refractivity contribution is 0.414. The quantitative estimate of drug-likeness (QED) is 0.569. The smallest absolute Gasteiger partial charge is 0.0375 e. The van der Waals surface area contributed by atoms with Gasteiger partial charge in [-0.1, -0.05) is 18.9 Å². The number of aliphatic imine (C=N–C) groups is 1. The Labute approximate surface area is 75.6 Å². The topological polar surface area (TPSA) is 12.4 Å². The second-order valence-electron chi connectivity index (χ2n) is 3.62. The van der Waals surface area contributed by atoms with E-state index in [9.17, 15) is 0 Å². The van der Waals surface area contributed by atoms with Crippen LogP contribution < -0.4 is 0 Å². The maximum Gasteiger partial charge on any atom is 0.0375 e. The van der Waals surface area contributed by atoms with Crippen LogP contribution in [0.4, 0.5) is 0 Å². The summed E-state index contributed by atoms with van der Waals surface area (Å²) in [6.07, 6.45) is 7.50. The summed E-state index contributed by atoms with van der Waals surface area (Å²) < 4.78 is 0. The average molecular weight is 165 g/mol. The van der Waals surface area contributed by atoms with Gasteiger partial charge in [-0.3, -0.25) is 4.99 Å². The van der Waals surface area contributed by atoms with Crippen LogP contribution in [0.2, 0.25) is 0 Å². The van der Waals surface area contributed by atoms with Gasteiger partial charge >= 0.3 is 0 Å². The average Bonchev–Trinajstić information content (AvgIpc) is 1.99. The number of rotatable bonds is 3. The zero-order valence-corrected chi connectivity index (χ0v) is 8.43. The Bertz CT molecular complexity index is 197. The number of hydrogen-bond acceptors (Lipinski definition) is 1. The van der Waals surface area contributed by atoms with Crippen LogP contribution in [0.15, 0.2) is 16.6 Å². The van der Waals surface area contributed by atoms with Crippen molar-refractivity contribution >= 4 is 5.71 Å². The van der Waals surface area contributed by atoms with E-state index in [0.29, 0.717) is 0 Å². The highest BCUT2D eigenvalue weighted by molar-refractivity contribution is 5.97. The van der Waals surface area contributed by atoms with Crippen LogP contribution >= 0.6 is 0 Å². The normalized spacial score (nSPS) is 20.9. The van der Waals surface area contributed by atoms with Gasteiger partial charge in [0.1, 0.15) is 0 Å². The molecular formula is C11H19N. The molecule has 0 atom stereocenters. The van der Waals surface area contributed by atoms with Crippen LogP contribution in [0, 0.1) is 5.92 Å². The molecule has 1 aliphatic rings. The van der Waals surface area contributed by atoms with Crippen LogP contribution in [-0.4, -0.2) is 12.8 Å². The van der Waals surface area contributed by atoms with E-state index in [0.717, 1.165) is 12.3 Å². The number of nitrogens with zero attached hydrogens (tertiary/aromatic N) is 1. The largest absolute Gasteiger partial charge is 0.293 e. The molecule has 0 aliphatic heterocycles. The molecule has 12 heavy (non-hydrogen) atoms. The van der Waals surface area contributed by atoms with Gasteiger partial charge in [0.15, 0.2) is 0 Å². The van der Waals surface area contributed by atoms with Crippen LogP contribution in [0.5, 0.6) is 0 Å². The van der Waals surface area contributed by atoms with Crippen LogP contribution in [0.1, 0.15) is 39.5 Å². The third-order valence-electron chi connectivity index (χ3n) is 2.73. The molecule has 0 aromatic rings. The molecule has 0 unspecified atom stereocenters. The maximum atomic E-state index is 4.34. The van der Waals surface area contributed by atoms with Gasteiger partial charge in [0.2, 0.25) is 0 Å². The third-order valence-corrected chi connectivity index (χ3v) is 2.73. The molecule has 0 aromatic heterocycles. The van der Waals surface area contributed by atoms with Crippen molar-refractivity contribution in [1.82, 2.24) is 0 Å². The van der Waals surface area contributed by atoms with Crippen molar-refractivity contribution in [2.75, 3.05) is 7.05 Å². The Kier molecular flexibility index (Phi) is 3.51. The molecule has 0 bridgehead atoms. The molecule has 1 nitrogen and oxygen atoms in total. The van der Waals surface area contributed by atoms with E-state index in [4.69, 9.17) is 0 Å². The lowest BCUT2D eigenvalue weighted by Crippen LogP contribution is -2.20. The van der Waals surface area contributed by atoms with Gasteiger partial charge in [-0.2, -0.15) is 0 Å². The molecule has 1 heteroatoms. The summed E-state index contributed by atoms with van der Waals surface area (Å²) in [6.45, 7) is 4.38. The van der Waals surface area contributed by atoms with Gasteiger partial charge in [-0.05, 0) is 32.3 Å². The molecule has 1 aliphatic carbocycles. The first-order chi connectivity index (χ1) is 5.77. The minimum Gasteiger partial charge on any atom is -0.293 e. The highest BCUT2D eigenvalue weighted by Gasteiger charge is 2.21. The van der Waals surface area contributed by atoms with Gasteiger partial charge in [0, 0.05) is 18.7 Å². The fourth-order valence-corrected chi connectivity index (χ4v) is 1.42. The first-order valence-electron chi connectivity index (χ1n) is 4.91. The van der Waals surface area contributed by atoms with Crippen molar-refractivity contribution in [3.8, 4) is 0 Å². The highest BCUT2D eigenvalue weighted by Crippen LogP contribution is 2.28. The van der Waals surface area contributed by atoms with Gasteiger partial charge in [0.05, 0.1) is 0 Å². The number of allylic oxidation sites excluding steroid dienone is 2. The Morgan fingerprint density at radius 2 is 2.17 bits per heavy atom. The van der Waals surface area contributed by atoms with Gasteiger partial charge in [-0.25, -0.2) is 0 Å². The molecule has 1 rings (SSSR count). The molecule has 0 amide bonds. The summed E-state index contributed by atoms with van der Waals surface area (Å²) in [4.78, 5) is 4.34. The van der Waals surface area contributed by atoms with Crippen molar-refractivity contribution < 1.29 is 0 Å². The molecular weight excluding hydrogens is 146 g/mol. The third kappa shape index (κ3) is 2.20. The zero-order valence-electron chi connectivity index (χ0n) is 8.43. The van der Waals surface area contributed by atoms with E-state index in [1.54, 1.807) is 0 Å². The lowest BCUT2D eigenvalue weighted by Gasteiger charge is -2.25.